The van der Waals surface area contributed by atoms with E-state index in [4.69, 9.17) is 0 Å². The van der Waals surface area contributed by atoms with E-state index in [1.54, 1.807) is 23.2 Å². The zero-order chi connectivity index (χ0) is 20.4. The number of amides is 2. The van der Waals surface area contributed by atoms with Gasteiger partial charge in [-0.1, -0.05) is 12.1 Å². The lowest BCUT2D eigenvalue weighted by atomic mass is 9.97. The monoisotopic (exact) mass is 396 g/mol. The van der Waals surface area contributed by atoms with Crippen molar-refractivity contribution in [1.29, 1.82) is 0 Å². The van der Waals surface area contributed by atoms with Crippen molar-refractivity contribution in [3.63, 3.8) is 0 Å². The van der Waals surface area contributed by atoms with Crippen LogP contribution in [0.5, 0.6) is 0 Å². The summed E-state index contributed by atoms with van der Waals surface area (Å²) in [5.41, 5.74) is 1.83. The number of hydrogen-bond donors (Lipinski definition) is 1. The van der Waals surface area contributed by atoms with Gasteiger partial charge >= 0.3 is 0 Å². The van der Waals surface area contributed by atoms with Crippen LogP contribution in [0, 0.1) is 12.7 Å². The Bertz CT molecular complexity index is 917. The Morgan fingerprint density at radius 1 is 1.24 bits per heavy atom. The molecule has 1 aromatic carbocycles. The molecule has 6 nitrogen and oxygen atoms in total. The minimum absolute atomic E-state index is 0.00181. The third-order valence-electron chi connectivity index (χ3n) is 5.68. The molecule has 2 fully saturated rings. The number of benzene rings is 1. The summed E-state index contributed by atoms with van der Waals surface area (Å²) in [5.74, 6) is -0.326. The number of nitrogens with one attached hydrogen (secondary N) is 1. The predicted octanol–water partition coefficient (Wildman–Crippen LogP) is 2.14. The molecule has 29 heavy (non-hydrogen) atoms. The van der Waals surface area contributed by atoms with Crippen molar-refractivity contribution in [1.82, 2.24) is 20.1 Å². The molecule has 1 atom stereocenters. The number of carbonyl (C=O) groups is 2. The molecule has 0 radical (unpaired) electrons. The minimum Gasteiger partial charge on any atom is -0.347 e. The first-order valence-electron chi connectivity index (χ1n) is 9.92. The van der Waals surface area contributed by atoms with Crippen molar-refractivity contribution in [2.75, 3.05) is 26.2 Å². The van der Waals surface area contributed by atoms with Crippen LogP contribution in [0.2, 0.25) is 0 Å². The first-order valence-corrected chi connectivity index (χ1v) is 9.92. The highest BCUT2D eigenvalue weighted by Gasteiger charge is 2.43. The molecule has 2 amide bonds. The number of pyridine rings is 1. The minimum atomic E-state index is -0.477. The molecule has 2 saturated heterocycles. The molecule has 0 saturated carbocycles. The maximum absolute atomic E-state index is 13.6. The van der Waals surface area contributed by atoms with Crippen LogP contribution in [-0.4, -0.2) is 58.3 Å². The number of hydrogen-bond acceptors (Lipinski definition) is 4. The van der Waals surface area contributed by atoms with E-state index in [-0.39, 0.29) is 17.6 Å². The first-order chi connectivity index (χ1) is 13.9. The van der Waals surface area contributed by atoms with Crippen LogP contribution in [0.1, 0.15) is 34.5 Å². The first kappa shape index (κ1) is 19.5. The lowest BCUT2D eigenvalue weighted by Crippen LogP contribution is -2.55. The number of carbonyl (C=O) groups excluding carboxylic acids is 2. The Morgan fingerprint density at radius 2 is 2.10 bits per heavy atom. The van der Waals surface area contributed by atoms with Crippen LogP contribution >= 0.6 is 0 Å². The van der Waals surface area contributed by atoms with Crippen LogP contribution < -0.4 is 5.32 Å². The second kappa shape index (κ2) is 7.91. The number of likely N-dealkylation sites (tertiary alicyclic amines) is 1. The molecule has 7 heteroatoms. The number of rotatable bonds is 3. The molecule has 4 rings (SSSR count). The Morgan fingerprint density at radius 3 is 2.86 bits per heavy atom. The summed E-state index contributed by atoms with van der Waals surface area (Å²) in [6.45, 7) is 4.74. The van der Waals surface area contributed by atoms with Crippen molar-refractivity contribution in [2.45, 2.75) is 31.8 Å². The van der Waals surface area contributed by atoms with Crippen molar-refractivity contribution < 1.29 is 14.0 Å². The van der Waals surface area contributed by atoms with Crippen molar-refractivity contribution in [3.8, 4) is 0 Å². The van der Waals surface area contributed by atoms with Gasteiger partial charge in [0.05, 0.1) is 11.1 Å². The Labute approximate surface area is 169 Å². The molecule has 1 spiro atoms. The smallest absolute Gasteiger partial charge is 0.255 e. The lowest BCUT2D eigenvalue weighted by Gasteiger charge is -2.33. The largest absolute Gasteiger partial charge is 0.347 e. The van der Waals surface area contributed by atoms with Gasteiger partial charge < -0.3 is 10.2 Å². The second-order valence-corrected chi connectivity index (χ2v) is 8.08. The van der Waals surface area contributed by atoms with Crippen molar-refractivity contribution in [2.24, 2.45) is 0 Å². The highest BCUT2D eigenvalue weighted by atomic mass is 19.1. The number of aromatic nitrogens is 1. The number of aryl methyl sites for hydroxylation is 1. The summed E-state index contributed by atoms with van der Waals surface area (Å²) in [6, 6.07) is 10.2. The average molecular weight is 396 g/mol. The van der Waals surface area contributed by atoms with E-state index in [9.17, 15) is 14.0 Å². The Hall–Kier alpha value is -2.80. The Balaban J connectivity index is 1.49. The van der Waals surface area contributed by atoms with Crippen LogP contribution in [0.4, 0.5) is 4.39 Å². The highest BCUT2D eigenvalue weighted by Crippen LogP contribution is 2.27. The van der Waals surface area contributed by atoms with Gasteiger partial charge in [0.25, 0.3) is 5.91 Å². The summed E-state index contributed by atoms with van der Waals surface area (Å²) in [7, 11) is 0. The standard InChI is InChI=1S/C22H25FN4O2/c1-16-5-6-18(12-24-16)21(29)27-10-8-22(15-27)14-26(9-7-20(28)25-22)13-17-3-2-4-19(23)11-17/h2-6,11-12H,7-10,13-15H2,1H3,(H,25,28). The zero-order valence-electron chi connectivity index (χ0n) is 16.5. The van der Waals surface area contributed by atoms with Crippen molar-refractivity contribution >= 4 is 11.8 Å². The molecule has 1 aromatic heterocycles. The fourth-order valence-electron chi connectivity index (χ4n) is 4.25. The van der Waals surface area contributed by atoms with Gasteiger partial charge in [0, 0.05) is 51.0 Å². The van der Waals surface area contributed by atoms with Crippen LogP contribution in [0.25, 0.3) is 0 Å². The van der Waals surface area contributed by atoms with Gasteiger partial charge in [-0.3, -0.25) is 19.5 Å². The SMILES string of the molecule is Cc1ccc(C(=O)N2CCC3(CN(Cc4cccc(F)c4)CCC(=O)N3)C2)cn1. The van der Waals surface area contributed by atoms with Gasteiger partial charge in [0.2, 0.25) is 5.91 Å². The van der Waals surface area contributed by atoms with E-state index in [2.05, 4.69) is 15.2 Å². The summed E-state index contributed by atoms with van der Waals surface area (Å²) in [4.78, 5) is 33.4. The number of nitrogens with zero attached hydrogens (tertiary/aromatic N) is 3. The lowest BCUT2D eigenvalue weighted by molar-refractivity contribution is -0.122. The normalized spacial score (nSPS) is 22.6. The summed E-state index contributed by atoms with van der Waals surface area (Å²) < 4.78 is 13.6. The highest BCUT2D eigenvalue weighted by molar-refractivity contribution is 5.94. The zero-order valence-corrected chi connectivity index (χ0v) is 16.5. The third kappa shape index (κ3) is 4.45. The van der Waals surface area contributed by atoms with Gasteiger partial charge in [-0.05, 0) is 43.2 Å². The van der Waals surface area contributed by atoms with E-state index < -0.39 is 5.54 Å². The van der Waals surface area contributed by atoms with Crippen molar-refractivity contribution in [3.05, 3.63) is 65.2 Å². The molecular weight excluding hydrogens is 371 g/mol. The topological polar surface area (TPSA) is 65.5 Å². The Kier molecular flexibility index (Phi) is 5.32. The molecule has 1 N–H and O–H groups in total. The summed E-state index contributed by atoms with van der Waals surface area (Å²) >= 11 is 0. The van der Waals surface area contributed by atoms with Gasteiger partial charge in [-0.25, -0.2) is 4.39 Å². The molecule has 152 valence electrons. The van der Waals surface area contributed by atoms with Gasteiger partial charge in [-0.15, -0.1) is 0 Å². The number of halogens is 1. The molecule has 0 aliphatic carbocycles. The van der Waals surface area contributed by atoms with Crippen LogP contribution in [-0.2, 0) is 11.3 Å². The fourth-order valence-corrected chi connectivity index (χ4v) is 4.25. The maximum Gasteiger partial charge on any atom is 0.255 e. The van der Waals surface area contributed by atoms with Gasteiger partial charge in [0.1, 0.15) is 5.82 Å². The summed E-state index contributed by atoms with van der Waals surface area (Å²) in [5, 5.41) is 3.16. The molecule has 2 aromatic rings. The third-order valence-corrected chi connectivity index (χ3v) is 5.68. The second-order valence-electron chi connectivity index (χ2n) is 8.08. The van der Waals surface area contributed by atoms with Crippen LogP contribution in [0.3, 0.4) is 0 Å². The van der Waals surface area contributed by atoms with Gasteiger partial charge in [0.15, 0.2) is 0 Å². The quantitative estimate of drug-likeness (QED) is 0.863. The van der Waals surface area contributed by atoms with E-state index >= 15 is 0 Å². The van der Waals surface area contributed by atoms with E-state index in [0.29, 0.717) is 51.1 Å². The molecule has 1 unspecified atom stereocenters. The molecule has 2 aliphatic heterocycles. The maximum atomic E-state index is 13.6. The fraction of sp³-hybridized carbons (Fsp3) is 0.409. The molecule has 3 heterocycles. The molecular formula is C22H25FN4O2. The average Bonchev–Trinajstić information content (AvgIpc) is 3.02. The van der Waals surface area contributed by atoms with Gasteiger partial charge in [-0.2, -0.15) is 0 Å². The molecule has 2 aliphatic rings. The van der Waals surface area contributed by atoms with E-state index in [0.717, 1.165) is 11.3 Å². The van der Waals surface area contributed by atoms with Crippen LogP contribution in [0.15, 0.2) is 42.6 Å². The van der Waals surface area contributed by atoms with E-state index in [1.807, 2.05) is 19.1 Å². The molecule has 0 bridgehead atoms. The van der Waals surface area contributed by atoms with E-state index in [1.165, 1.54) is 12.1 Å². The summed E-state index contributed by atoms with van der Waals surface area (Å²) in [6.07, 6.45) is 2.70. The predicted molar refractivity (Wildman–Crippen MR) is 107 cm³/mol.